The highest BCUT2D eigenvalue weighted by molar-refractivity contribution is 5.87. The number of carbonyl (C=O) groups is 2. The van der Waals surface area contributed by atoms with Crippen molar-refractivity contribution in [2.45, 2.75) is 46.3 Å². The lowest BCUT2D eigenvalue weighted by Crippen LogP contribution is -2.36. The summed E-state index contributed by atoms with van der Waals surface area (Å²) in [7, 11) is 0. The molecule has 2 rings (SSSR count). The van der Waals surface area contributed by atoms with Crippen LogP contribution in [0.1, 0.15) is 34.1 Å². The van der Waals surface area contributed by atoms with E-state index >= 15 is 0 Å². The molecule has 0 aromatic carbocycles. The number of rotatable bonds is 5. The molecule has 0 saturated carbocycles. The number of esters is 2. The van der Waals surface area contributed by atoms with E-state index in [0.717, 1.165) is 30.7 Å². The number of ether oxygens (including phenoxy) is 2. The molecule has 0 radical (unpaired) electrons. The third-order valence-electron chi connectivity index (χ3n) is 4.22. The fourth-order valence-electron chi connectivity index (χ4n) is 2.91. The molecule has 2 aliphatic rings. The van der Waals surface area contributed by atoms with E-state index in [9.17, 15) is 9.59 Å². The summed E-state index contributed by atoms with van der Waals surface area (Å²) in [6.07, 6.45) is 5.94. The molecule has 0 amide bonds. The van der Waals surface area contributed by atoms with Gasteiger partial charge in [-0.1, -0.05) is 17.7 Å². The van der Waals surface area contributed by atoms with Gasteiger partial charge in [0, 0.05) is 24.7 Å². The lowest BCUT2D eigenvalue weighted by molar-refractivity contribution is -0.145. The SMILES string of the molecule is C/C=C(/C)C(=O)O[C@H]1CCN2CC=C(COC(=O)C=C(C)C)[C@H]12. The van der Waals surface area contributed by atoms with Gasteiger partial charge in [0.2, 0.25) is 0 Å². The Bertz CT molecular complexity index is 570. The minimum atomic E-state index is -0.333. The van der Waals surface area contributed by atoms with E-state index in [1.807, 2.05) is 20.8 Å². The van der Waals surface area contributed by atoms with Crippen LogP contribution in [0, 0.1) is 0 Å². The van der Waals surface area contributed by atoms with E-state index in [4.69, 9.17) is 9.47 Å². The molecule has 0 aliphatic carbocycles. The largest absolute Gasteiger partial charge is 0.458 e. The van der Waals surface area contributed by atoms with Gasteiger partial charge < -0.3 is 9.47 Å². The Labute approximate surface area is 137 Å². The van der Waals surface area contributed by atoms with Gasteiger partial charge in [0.25, 0.3) is 0 Å². The molecular weight excluding hydrogens is 294 g/mol. The van der Waals surface area contributed by atoms with Crippen molar-refractivity contribution in [2.24, 2.45) is 0 Å². The summed E-state index contributed by atoms with van der Waals surface area (Å²) in [5.74, 6) is -0.604. The number of nitrogens with zero attached hydrogens (tertiary/aromatic N) is 1. The van der Waals surface area contributed by atoms with E-state index in [1.54, 1.807) is 13.0 Å². The van der Waals surface area contributed by atoms with Crippen molar-refractivity contribution in [2.75, 3.05) is 19.7 Å². The van der Waals surface area contributed by atoms with Crippen LogP contribution in [0.15, 0.2) is 34.9 Å². The second-order valence-electron chi connectivity index (χ2n) is 6.25. The molecule has 2 heterocycles. The topological polar surface area (TPSA) is 55.8 Å². The first-order valence-electron chi connectivity index (χ1n) is 8.01. The van der Waals surface area contributed by atoms with Gasteiger partial charge in [0.15, 0.2) is 0 Å². The maximum Gasteiger partial charge on any atom is 0.333 e. The Balaban J connectivity index is 1.96. The zero-order valence-corrected chi connectivity index (χ0v) is 14.3. The highest BCUT2D eigenvalue weighted by atomic mass is 16.5. The fourth-order valence-corrected chi connectivity index (χ4v) is 2.91. The zero-order valence-electron chi connectivity index (χ0n) is 14.3. The first-order chi connectivity index (χ1) is 10.9. The van der Waals surface area contributed by atoms with Crippen LogP contribution in [-0.2, 0) is 19.1 Å². The van der Waals surface area contributed by atoms with Crippen LogP contribution >= 0.6 is 0 Å². The quantitative estimate of drug-likeness (QED) is 0.442. The van der Waals surface area contributed by atoms with E-state index in [0.29, 0.717) is 5.57 Å². The van der Waals surface area contributed by atoms with Crippen LogP contribution in [0.4, 0.5) is 0 Å². The van der Waals surface area contributed by atoms with Gasteiger partial charge in [-0.3, -0.25) is 4.90 Å². The standard InChI is InChI=1S/C18H25NO4/c1-5-13(4)18(21)23-15-7-9-19-8-6-14(17(15)19)11-22-16(20)10-12(2)3/h5-6,10,15,17H,7-9,11H2,1-4H3/b13-5-/t15-,17+/m0/s1. The molecule has 0 unspecified atom stereocenters. The van der Waals surface area contributed by atoms with Crippen molar-refractivity contribution in [1.82, 2.24) is 4.90 Å². The molecule has 1 fully saturated rings. The maximum absolute atomic E-state index is 12.0. The number of hydrogen-bond acceptors (Lipinski definition) is 5. The molecule has 0 N–H and O–H groups in total. The second-order valence-corrected chi connectivity index (χ2v) is 6.25. The fraction of sp³-hybridized carbons (Fsp3) is 0.556. The van der Waals surface area contributed by atoms with Crippen LogP contribution in [0.5, 0.6) is 0 Å². The van der Waals surface area contributed by atoms with Crippen molar-refractivity contribution in [3.63, 3.8) is 0 Å². The summed E-state index contributed by atoms with van der Waals surface area (Å²) < 4.78 is 10.9. The Morgan fingerprint density at radius 1 is 1.35 bits per heavy atom. The Morgan fingerprint density at radius 3 is 2.74 bits per heavy atom. The van der Waals surface area contributed by atoms with Gasteiger partial charge in [-0.15, -0.1) is 0 Å². The van der Waals surface area contributed by atoms with Gasteiger partial charge >= 0.3 is 11.9 Å². The summed E-state index contributed by atoms with van der Waals surface area (Å²) in [5.41, 5.74) is 2.54. The normalized spacial score (nSPS) is 24.0. The molecule has 5 nitrogen and oxygen atoms in total. The molecule has 5 heteroatoms. The molecular formula is C18H25NO4. The highest BCUT2D eigenvalue weighted by Gasteiger charge is 2.41. The van der Waals surface area contributed by atoms with Gasteiger partial charge in [-0.05, 0) is 39.7 Å². The molecule has 0 aromatic rings. The molecule has 1 saturated heterocycles. The number of carbonyl (C=O) groups excluding carboxylic acids is 2. The van der Waals surface area contributed by atoms with Crippen molar-refractivity contribution in [1.29, 1.82) is 0 Å². The Kier molecular flexibility index (Phi) is 5.77. The van der Waals surface area contributed by atoms with Gasteiger partial charge in [-0.25, -0.2) is 9.59 Å². The Hall–Kier alpha value is -1.88. The predicted molar refractivity (Wildman–Crippen MR) is 87.8 cm³/mol. The smallest absolute Gasteiger partial charge is 0.333 e. The van der Waals surface area contributed by atoms with Crippen molar-refractivity contribution < 1.29 is 19.1 Å². The van der Waals surface area contributed by atoms with Crippen LogP contribution in [0.3, 0.4) is 0 Å². The predicted octanol–water partition coefficient (Wildman–Crippen LogP) is 2.39. The molecule has 2 atom stereocenters. The van der Waals surface area contributed by atoms with Crippen LogP contribution in [-0.4, -0.2) is 48.7 Å². The highest BCUT2D eigenvalue weighted by Crippen LogP contribution is 2.31. The summed E-state index contributed by atoms with van der Waals surface area (Å²) in [6, 6.07) is 0.0307. The summed E-state index contributed by atoms with van der Waals surface area (Å²) in [5, 5.41) is 0. The lowest BCUT2D eigenvalue weighted by Gasteiger charge is -2.24. The van der Waals surface area contributed by atoms with Gasteiger partial charge in [0.1, 0.15) is 12.7 Å². The number of hydrogen-bond donors (Lipinski definition) is 0. The number of allylic oxidation sites excluding steroid dienone is 2. The molecule has 0 spiro atoms. The van der Waals surface area contributed by atoms with Crippen molar-refractivity contribution in [3.8, 4) is 0 Å². The summed E-state index contributed by atoms with van der Waals surface area (Å²) >= 11 is 0. The third-order valence-corrected chi connectivity index (χ3v) is 4.22. The van der Waals surface area contributed by atoms with Crippen LogP contribution in [0.2, 0.25) is 0 Å². The molecule has 0 aromatic heterocycles. The first kappa shape index (κ1) is 17.5. The molecule has 2 aliphatic heterocycles. The average Bonchev–Trinajstić information content (AvgIpc) is 3.06. The van der Waals surface area contributed by atoms with E-state index in [1.165, 1.54) is 6.08 Å². The third kappa shape index (κ3) is 4.32. The molecule has 23 heavy (non-hydrogen) atoms. The van der Waals surface area contributed by atoms with E-state index in [2.05, 4.69) is 11.0 Å². The van der Waals surface area contributed by atoms with Gasteiger partial charge in [0.05, 0.1) is 6.04 Å². The number of fused-ring (bicyclic) bond motifs is 1. The average molecular weight is 319 g/mol. The van der Waals surface area contributed by atoms with Crippen LogP contribution in [0.25, 0.3) is 0 Å². The Morgan fingerprint density at radius 2 is 2.09 bits per heavy atom. The molecule has 126 valence electrons. The van der Waals surface area contributed by atoms with Crippen molar-refractivity contribution in [3.05, 3.63) is 34.9 Å². The van der Waals surface area contributed by atoms with E-state index in [-0.39, 0.29) is 30.7 Å². The minimum absolute atomic E-state index is 0.0307. The maximum atomic E-state index is 12.0. The first-order valence-corrected chi connectivity index (χ1v) is 8.01. The zero-order chi connectivity index (χ0) is 17.0. The monoisotopic (exact) mass is 319 g/mol. The van der Waals surface area contributed by atoms with Crippen LogP contribution < -0.4 is 0 Å². The minimum Gasteiger partial charge on any atom is -0.458 e. The summed E-state index contributed by atoms with van der Waals surface area (Å²) in [4.78, 5) is 25.9. The lowest BCUT2D eigenvalue weighted by atomic mass is 10.0. The van der Waals surface area contributed by atoms with E-state index < -0.39 is 0 Å². The van der Waals surface area contributed by atoms with Gasteiger partial charge in [-0.2, -0.15) is 0 Å². The second kappa shape index (κ2) is 7.59. The van der Waals surface area contributed by atoms with Crippen molar-refractivity contribution >= 4 is 11.9 Å². The molecule has 0 bridgehead atoms. The summed E-state index contributed by atoms with van der Waals surface area (Å²) in [6.45, 7) is 9.24.